The van der Waals surface area contributed by atoms with Crippen molar-refractivity contribution in [1.82, 2.24) is 14.4 Å². The molecule has 0 spiro atoms. The standard InChI is InChI=1S/C24H28N4O5S/c1-34-9-8-20(27-14-16-4-2-3-5-18(16)22(27)29)23(30)25-11-15-10-17(13-25)19-6-7-21(28(32)33)24(31)26(19)12-15/h2-7,15,17,20,28,32H,8-14H2,1H3/t15-,17+,20+/m1/s1. The van der Waals surface area contributed by atoms with Gasteiger partial charge in [0.15, 0.2) is 0 Å². The van der Waals surface area contributed by atoms with Crippen LogP contribution < -0.4 is 10.8 Å². The number of amides is 2. The number of likely N-dealkylation sites (tertiary alicyclic amines) is 1. The van der Waals surface area contributed by atoms with Gasteiger partial charge >= 0.3 is 5.56 Å². The smallest absolute Gasteiger partial charge is 0.315 e. The Kier molecular flexibility index (Phi) is 6.24. The topological polar surface area (TPSA) is 110 Å². The lowest BCUT2D eigenvalue weighted by Gasteiger charge is -2.44. The molecule has 1 fully saturated rings. The highest BCUT2D eigenvalue weighted by Crippen LogP contribution is 2.36. The number of piperidine rings is 1. The van der Waals surface area contributed by atoms with Crippen LogP contribution in [0, 0.1) is 11.1 Å². The third-order valence-electron chi connectivity index (χ3n) is 7.25. The van der Waals surface area contributed by atoms with E-state index in [9.17, 15) is 24.8 Å². The first kappa shape index (κ1) is 23.1. The van der Waals surface area contributed by atoms with Crippen molar-refractivity contribution in [1.29, 1.82) is 0 Å². The van der Waals surface area contributed by atoms with Crippen LogP contribution in [0.2, 0.25) is 0 Å². The number of thioether (sulfide) groups is 1. The molecular formula is C24H28N4O5S. The molecule has 3 aliphatic rings. The van der Waals surface area contributed by atoms with Crippen molar-refractivity contribution in [2.24, 2.45) is 5.92 Å². The SMILES string of the molecule is CSCC[C@@H](C(=O)N1C[C@H]2C[C@@H](C1)c1ccc([NH+]([O-])O)c(=O)n1C2)N1Cc2ccccc2C1=O. The number of hydrogen-bond donors (Lipinski definition) is 2. The van der Waals surface area contributed by atoms with Gasteiger partial charge in [0.05, 0.1) is 0 Å². The highest BCUT2D eigenvalue weighted by Gasteiger charge is 2.42. The monoisotopic (exact) mass is 484 g/mol. The number of quaternary nitrogens is 1. The summed E-state index contributed by atoms with van der Waals surface area (Å²) in [6.45, 7) is 1.81. The molecule has 34 heavy (non-hydrogen) atoms. The van der Waals surface area contributed by atoms with E-state index >= 15 is 0 Å². The van der Waals surface area contributed by atoms with Crippen LogP contribution in [0.15, 0.2) is 41.2 Å². The lowest BCUT2D eigenvalue weighted by molar-refractivity contribution is -0.992. The maximum Gasteiger partial charge on any atom is 0.315 e. The third kappa shape index (κ3) is 3.94. The van der Waals surface area contributed by atoms with Crippen LogP contribution in [0.3, 0.4) is 0 Å². The first-order valence-corrected chi connectivity index (χ1v) is 12.9. The molecule has 9 nitrogen and oxygen atoms in total. The van der Waals surface area contributed by atoms with E-state index in [4.69, 9.17) is 0 Å². The molecule has 180 valence electrons. The summed E-state index contributed by atoms with van der Waals surface area (Å²) in [5.74, 6) is 0.686. The molecule has 2 N–H and O–H groups in total. The Morgan fingerprint density at radius 2 is 2.00 bits per heavy atom. The lowest BCUT2D eigenvalue weighted by Crippen LogP contribution is -3.00. The van der Waals surface area contributed by atoms with E-state index < -0.39 is 16.8 Å². The molecule has 0 saturated carbocycles. The van der Waals surface area contributed by atoms with E-state index in [1.54, 1.807) is 27.3 Å². The number of nitrogens with zero attached hydrogens (tertiary/aromatic N) is 3. The molecule has 1 unspecified atom stereocenters. The van der Waals surface area contributed by atoms with Crippen molar-refractivity contribution in [3.05, 3.63) is 68.8 Å². The van der Waals surface area contributed by atoms with Crippen LogP contribution in [-0.2, 0) is 17.9 Å². The van der Waals surface area contributed by atoms with Gasteiger partial charge in [-0.2, -0.15) is 17.0 Å². The summed E-state index contributed by atoms with van der Waals surface area (Å²) in [4.78, 5) is 43.2. The molecule has 5 rings (SSSR count). The van der Waals surface area contributed by atoms with Crippen LogP contribution in [0.1, 0.15) is 40.4 Å². The maximum atomic E-state index is 13.8. The van der Waals surface area contributed by atoms with Crippen molar-refractivity contribution < 1.29 is 20.0 Å². The van der Waals surface area contributed by atoms with Crippen molar-refractivity contribution in [2.75, 3.05) is 25.1 Å². The number of pyridine rings is 1. The normalized spacial score (nSPS) is 22.9. The van der Waals surface area contributed by atoms with Gasteiger partial charge in [-0.15, -0.1) is 0 Å². The van der Waals surface area contributed by atoms with Crippen molar-refractivity contribution in [3.8, 4) is 0 Å². The molecule has 1 aromatic carbocycles. The van der Waals surface area contributed by atoms with Gasteiger partial charge in [-0.3, -0.25) is 14.4 Å². The fraction of sp³-hybridized carbons (Fsp3) is 0.458. The van der Waals surface area contributed by atoms with Crippen LogP contribution in [0.25, 0.3) is 0 Å². The average molecular weight is 485 g/mol. The predicted octanol–water partition coefficient (Wildman–Crippen LogP) is 0.975. The highest BCUT2D eigenvalue weighted by atomic mass is 32.2. The Hall–Kier alpha value is -2.66. The summed E-state index contributed by atoms with van der Waals surface area (Å²) in [5, 5.41) is 19.5. The zero-order valence-electron chi connectivity index (χ0n) is 19.0. The van der Waals surface area contributed by atoms with Crippen molar-refractivity contribution in [2.45, 2.75) is 37.9 Å². The quantitative estimate of drug-likeness (QED) is 0.592. The second kappa shape index (κ2) is 9.18. The van der Waals surface area contributed by atoms with Gasteiger partial charge in [0.25, 0.3) is 5.91 Å². The third-order valence-corrected chi connectivity index (χ3v) is 7.90. The fourth-order valence-electron chi connectivity index (χ4n) is 5.67. The molecule has 4 heterocycles. The second-order valence-electron chi connectivity index (χ2n) is 9.32. The summed E-state index contributed by atoms with van der Waals surface area (Å²) in [7, 11) is 0. The van der Waals surface area contributed by atoms with Gasteiger partial charge in [0.1, 0.15) is 6.04 Å². The van der Waals surface area contributed by atoms with E-state index in [1.165, 1.54) is 6.07 Å². The minimum Gasteiger partial charge on any atom is -0.595 e. The first-order valence-electron chi connectivity index (χ1n) is 11.5. The van der Waals surface area contributed by atoms with Crippen molar-refractivity contribution in [3.63, 3.8) is 0 Å². The maximum absolute atomic E-state index is 13.8. The van der Waals surface area contributed by atoms with Crippen LogP contribution in [0.4, 0.5) is 5.69 Å². The largest absolute Gasteiger partial charge is 0.595 e. The van der Waals surface area contributed by atoms with Crippen molar-refractivity contribution >= 4 is 29.3 Å². The van der Waals surface area contributed by atoms with Gasteiger partial charge in [0.2, 0.25) is 11.6 Å². The molecule has 2 aromatic rings. The number of rotatable bonds is 6. The molecule has 3 aliphatic heterocycles. The Morgan fingerprint density at radius 1 is 1.21 bits per heavy atom. The number of benzene rings is 1. The zero-order valence-corrected chi connectivity index (χ0v) is 19.8. The summed E-state index contributed by atoms with van der Waals surface area (Å²) in [5.41, 5.74) is 1.71. The van der Waals surface area contributed by atoms with E-state index in [2.05, 4.69) is 0 Å². The van der Waals surface area contributed by atoms with Gasteiger partial charge < -0.3 is 19.6 Å². The number of fused-ring (bicyclic) bond motifs is 5. The molecular weight excluding hydrogens is 456 g/mol. The summed E-state index contributed by atoms with van der Waals surface area (Å²) in [6.07, 6.45) is 3.44. The molecule has 10 heteroatoms. The molecule has 1 aromatic heterocycles. The fourth-order valence-corrected chi connectivity index (χ4v) is 6.13. The van der Waals surface area contributed by atoms with E-state index in [0.717, 1.165) is 23.4 Å². The Labute approximate surface area is 201 Å². The second-order valence-corrected chi connectivity index (χ2v) is 10.3. The van der Waals surface area contributed by atoms with Crippen LogP contribution in [-0.4, -0.2) is 62.5 Å². The number of hydrogen-bond acceptors (Lipinski definition) is 6. The summed E-state index contributed by atoms with van der Waals surface area (Å²) >= 11 is 1.66. The average Bonchev–Trinajstić information content (AvgIpc) is 3.16. The molecule has 2 amide bonds. The van der Waals surface area contributed by atoms with Gasteiger partial charge in [-0.25, -0.2) is 5.21 Å². The lowest BCUT2D eigenvalue weighted by atomic mass is 9.82. The molecule has 0 aliphatic carbocycles. The summed E-state index contributed by atoms with van der Waals surface area (Å²) < 4.78 is 1.58. The van der Waals surface area contributed by atoms with Gasteiger partial charge in [0, 0.05) is 49.4 Å². The zero-order chi connectivity index (χ0) is 24.0. The Bertz CT molecular complexity index is 1180. The van der Waals surface area contributed by atoms with Crippen LogP contribution >= 0.6 is 11.8 Å². The molecule has 1 saturated heterocycles. The number of carbonyl (C=O) groups excluding carboxylic acids is 2. The highest BCUT2D eigenvalue weighted by molar-refractivity contribution is 7.98. The minimum absolute atomic E-state index is 0.0281. The first-order chi connectivity index (χ1) is 16.4. The number of carbonyl (C=O) groups is 2. The predicted molar refractivity (Wildman–Crippen MR) is 127 cm³/mol. The van der Waals surface area contributed by atoms with E-state index in [0.29, 0.717) is 38.2 Å². The van der Waals surface area contributed by atoms with Gasteiger partial charge in [-0.05, 0) is 48.5 Å². The number of aromatic nitrogens is 1. The molecule has 0 radical (unpaired) electrons. The van der Waals surface area contributed by atoms with Crippen LogP contribution in [0.5, 0.6) is 0 Å². The number of nitrogens with one attached hydrogen (secondary N) is 1. The van der Waals surface area contributed by atoms with E-state index in [-0.39, 0.29) is 29.3 Å². The van der Waals surface area contributed by atoms with Gasteiger partial charge in [-0.1, -0.05) is 18.2 Å². The molecule has 2 bridgehead atoms. The Balaban J connectivity index is 1.40. The minimum atomic E-state index is -1.22. The molecule has 4 atom stereocenters. The summed E-state index contributed by atoms with van der Waals surface area (Å²) in [6, 6.07) is 10.1. The van der Waals surface area contributed by atoms with E-state index in [1.807, 2.05) is 35.4 Å². The Morgan fingerprint density at radius 3 is 2.74 bits per heavy atom.